The summed E-state index contributed by atoms with van der Waals surface area (Å²) in [6.45, 7) is 1.09. The molecule has 0 aromatic heterocycles. The van der Waals surface area contributed by atoms with Crippen molar-refractivity contribution in [2.24, 2.45) is 0 Å². The number of ether oxygens (including phenoxy) is 1. The lowest BCUT2D eigenvalue weighted by Gasteiger charge is -2.23. The van der Waals surface area contributed by atoms with E-state index in [1.165, 1.54) is 12.1 Å². The summed E-state index contributed by atoms with van der Waals surface area (Å²) < 4.78 is 28.1. The Kier molecular flexibility index (Phi) is 4.62. The van der Waals surface area contributed by atoms with Crippen molar-refractivity contribution in [3.63, 3.8) is 0 Å². The second-order valence-corrected chi connectivity index (χ2v) is 8.93. The van der Waals surface area contributed by atoms with Crippen LogP contribution < -0.4 is 5.32 Å². The fourth-order valence-electron chi connectivity index (χ4n) is 3.08. The van der Waals surface area contributed by atoms with Gasteiger partial charge in [0.2, 0.25) is 0 Å². The minimum absolute atomic E-state index is 0.0224. The number of carbonyl (C=O) groups excluding carboxylic acids is 2. The number of hydrogen-bond donors (Lipinski definition) is 2. The average molecular weight is 377 g/mol. The number of phenolic OH excluding ortho intramolecular Hbond substituents is 1. The fraction of sp³-hybridized carbons (Fsp3) is 0.333. The van der Waals surface area contributed by atoms with E-state index in [9.17, 15) is 23.1 Å². The first kappa shape index (κ1) is 18.2. The number of amides is 1. The van der Waals surface area contributed by atoms with Crippen LogP contribution in [-0.2, 0) is 19.4 Å². The molecule has 1 aliphatic rings. The largest absolute Gasteiger partial charge is 0.507 e. The summed E-state index contributed by atoms with van der Waals surface area (Å²) in [4.78, 5) is 24.2. The second-order valence-electron chi connectivity index (χ2n) is 6.74. The van der Waals surface area contributed by atoms with E-state index in [-0.39, 0.29) is 22.8 Å². The summed E-state index contributed by atoms with van der Waals surface area (Å²) in [5.41, 5.74) is -0.890. The highest BCUT2D eigenvalue weighted by Gasteiger charge is 2.39. The smallest absolute Gasteiger partial charge is 0.342 e. The van der Waals surface area contributed by atoms with Crippen LogP contribution in [0.25, 0.3) is 10.8 Å². The number of nitrogens with one attached hydrogen (secondary N) is 1. The zero-order valence-electron chi connectivity index (χ0n) is 14.2. The van der Waals surface area contributed by atoms with Crippen LogP contribution in [0.4, 0.5) is 0 Å². The molecular formula is C18H19NO6S. The Morgan fingerprint density at radius 3 is 2.50 bits per heavy atom. The maximum absolute atomic E-state index is 12.2. The van der Waals surface area contributed by atoms with E-state index in [0.717, 1.165) is 10.8 Å². The molecule has 0 saturated carbocycles. The molecule has 2 N–H and O–H groups in total. The number of esters is 1. The first-order chi connectivity index (χ1) is 12.2. The number of benzene rings is 2. The topological polar surface area (TPSA) is 110 Å². The number of rotatable bonds is 4. The standard InChI is InChI=1S/C18H19NO6S/c1-18(6-7-26(23,24)11-18)19-16(21)10-25-17(22)14-8-12-4-2-3-5-13(12)9-15(14)20/h2-5,8-9,20H,6-7,10-11H2,1H3,(H,19,21)/t18-/m0/s1. The zero-order chi connectivity index (χ0) is 18.9. The van der Waals surface area contributed by atoms with Gasteiger partial charge in [-0.15, -0.1) is 0 Å². The van der Waals surface area contributed by atoms with Crippen molar-refractivity contribution in [2.75, 3.05) is 18.1 Å². The van der Waals surface area contributed by atoms with Crippen molar-refractivity contribution in [3.05, 3.63) is 42.0 Å². The summed E-state index contributed by atoms with van der Waals surface area (Å²) in [5.74, 6) is -1.76. The maximum atomic E-state index is 12.2. The van der Waals surface area contributed by atoms with Crippen LogP contribution in [0, 0.1) is 0 Å². The zero-order valence-corrected chi connectivity index (χ0v) is 15.0. The molecular weight excluding hydrogens is 358 g/mol. The van der Waals surface area contributed by atoms with Gasteiger partial charge in [0.1, 0.15) is 11.3 Å². The summed E-state index contributed by atoms with van der Waals surface area (Å²) in [6.07, 6.45) is 0.320. The lowest BCUT2D eigenvalue weighted by molar-refractivity contribution is -0.125. The van der Waals surface area contributed by atoms with Crippen LogP contribution in [-0.4, -0.2) is 49.1 Å². The molecule has 1 atom stereocenters. The lowest BCUT2D eigenvalue weighted by atomic mass is 10.0. The summed E-state index contributed by atoms with van der Waals surface area (Å²) in [6, 6.07) is 10.2. The molecule has 8 heteroatoms. The minimum Gasteiger partial charge on any atom is -0.507 e. The number of sulfone groups is 1. The summed E-state index contributed by atoms with van der Waals surface area (Å²) in [5, 5.41) is 14.1. The molecule has 138 valence electrons. The van der Waals surface area contributed by atoms with Crippen LogP contribution >= 0.6 is 0 Å². The van der Waals surface area contributed by atoms with Crippen molar-refractivity contribution in [2.45, 2.75) is 18.9 Å². The normalized spacial score (nSPS) is 21.4. The molecule has 0 radical (unpaired) electrons. The van der Waals surface area contributed by atoms with E-state index in [1.54, 1.807) is 25.1 Å². The molecule has 2 aromatic carbocycles. The molecule has 26 heavy (non-hydrogen) atoms. The van der Waals surface area contributed by atoms with Crippen molar-refractivity contribution in [3.8, 4) is 5.75 Å². The predicted octanol–water partition coefficient (Wildman–Crippen LogP) is 1.40. The SMILES string of the molecule is C[C@]1(NC(=O)COC(=O)c2cc3ccccc3cc2O)CCS(=O)(=O)C1. The number of fused-ring (bicyclic) bond motifs is 1. The van der Waals surface area contributed by atoms with Gasteiger partial charge in [-0.25, -0.2) is 13.2 Å². The average Bonchev–Trinajstić information content (AvgIpc) is 2.84. The molecule has 7 nitrogen and oxygen atoms in total. The van der Waals surface area contributed by atoms with Crippen LogP contribution in [0.15, 0.2) is 36.4 Å². The van der Waals surface area contributed by atoms with Gasteiger partial charge in [-0.2, -0.15) is 0 Å². The third kappa shape index (κ3) is 3.96. The molecule has 1 fully saturated rings. The number of phenols is 1. The molecule has 3 rings (SSSR count). The molecule has 0 spiro atoms. The van der Waals surface area contributed by atoms with Gasteiger partial charge in [0.25, 0.3) is 5.91 Å². The number of aromatic hydroxyl groups is 1. The number of carbonyl (C=O) groups is 2. The Morgan fingerprint density at radius 2 is 1.88 bits per heavy atom. The Bertz CT molecular complexity index is 984. The number of hydrogen-bond acceptors (Lipinski definition) is 6. The van der Waals surface area contributed by atoms with Gasteiger partial charge in [-0.05, 0) is 36.2 Å². The summed E-state index contributed by atoms with van der Waals surface area (Å²) >= 11 is 0. The molecule has 1 amide bonds. The highest BCUT2D eigenvalue weighted by atomic mass is 32.2. The van der Waals surface area contributed by atoms with Crippen molar-refractivity contribution in [1.82, 2.24) is 5.32 Å². The molecule has 1 aliphatic heterocycles. The van der Waals surface area contributed by atoms with Gasteiger partial charge in [-0.3, -0.25) is 4.79 Å². The highest BCUT2D eigenvalue weighted by molar-refractivity contribution is 7.91. The summed E-state index contributed by atoms with van der Waals surface area (Å²) in [7, 11) is -3.16. The monoisotopic (exact) mass is 377 g/mol. The second kappa shape index (κ2) is 6.60. The Hall–Kier alpha value is -2.61. The molecule has 0 bridgehead atoms. The molecule has 0 unspecified atom stereocenters. The van der Waals surface area contributed by atoms with E-state index in [0.29, 0.717) is 6.42 Å². The predicted molar refractivity (Wildman–Crippen MR) is 95.7 cm³/mol. The third-order valence-electron chi connectivity index (χ3n) is 4.36. The molecule has 0 aliphatic carbocycles. The Labute approximate surface area is 150 Å². The Morgan fingerprint density at radius 1 is 1.23 bits per heavy atom. The Balaban J connectivity index is 1.64. The third-order valence-corrected chi connectivity index (χ3v) is 6.27. The maximum Gasteiger partial charge on any atom is 0.342 e. The van der Waals surface area contributed by atoms with E-state index in [1.807, 2.05) is 6.07 Å². The van der Waals surface area contributed by atoms with E-state index in [4.69, 9.17) is 4.74 Å². The van der Waals surface area contributed by atoms with E-state index < -0.39 is 33.9 Å². The van der Waals surface area contributed by atoms with Crippen molar-refractivity contribution < 1.29 is 27.9 Å². The van der Waals surface area contributed by atoms with Crippen LogP contribution in [0.5, 0.6) is 5.75 Å². The van der Waals surface area contributed by atoms with Gasteiger partial charge in [0, 0.05) is 0 Å². The minimum atomic E-state index is -3.16. The van der Waals surface area contributed by atoms with E-state index >= 15 is 0 Å². The van der Waals surface area contributed by atoms with E-state index in [2.05, 4.69) is 5.32 Å². The first-order valence-electron chi connectivity index (χ1n) is 8.08. The van der Waals surface area contributed by atoms with Crippen LogP contribution in [0.1, 0.15) is 23.7 Å². The van der Waals surface area contributed by atoms with Crippen molar-refractivity contribution in [1.29, 1.82) is 0 Å². The lowest BCUT2D eigenvalue weighted by Crippen LogP contribution is -2.48. The van der Waals surface area contributed by atoms with Crippen molar-refractivity contribution >= 4 is 32.5 Å². The first-order valence-corrected chi connectivity index (χ1v) is 9.90. The molecule has 2 aromatic rings. The van der Waals surface area contributed by atoms with Gasteiger partial charge in [0.05, 0.1) is 17.0 Å². The highest BCUT2D eigenvalue weighted by Crippen LogP contribution is 2.26. The van der Waals surface area contributed by atoms with Crippen LogP contribution in [0.2, 0.25) is 0 Å². The van der Waals surface area contributed by atoms with Crippen LogP contribution in [0.3, 0.4) is 0 Å². The molecule has 1 heterocycles. The van der Waals surface area contributed by atoms with Gasteiger partial charge >= 0.3 is 5.97 Å². The van der Waals surface area contributed by atoms with Gasteiger partial charge < -0.3 is 15.2 Å². The quantitative estimate of drug-likeness (QED) is 0.780. The van der Waals surface area contributed by atoms with Gasteiger partial charge in [0.15, 0.2) is 16.4 Å². The molecule has 1 saturated heterocycles. The van der Waals surface area contributed by atoms with Gasteiger partial charge in [-0.1, -0.05) is 24.3 Å². The fourth-order valence-corrected chi connectivity index (χ4v) is 5.18.